The van der Waals surface area contributed by atoms with E-state index >= 15 is 0 Å². The molecule has 1 aliphatic carbocycles. The lowest BCUT2D eigenvalue weighted by Crippen LogP contribution is -2.36. The van der Waals surface area contributed by atoms with E-state index in [1.807, 2.05) is 13.1 Å². The first-order valence-electron chi connectivity index (χ1n) is 7.86. The summed E-state index contributed by atoms with van der Waals surface area (Å²) in [7, 11) is 4.05. The largest absolute Gasteiger partial charge is 0.357 e. The number of nitrogens with one attached hydrogen (secondary N) is 1. The molecule has 112 valence electrons. The molecule has 21 heavy (non-hydrogen) atoms. The van der Waals surface area contributed by atoms with E-state index in [4.69, 9.17) is 4.98 Å². The van der Waals surface area contributed by atoms with Gasteiger partial charge in [0.25, 0.3) is 0 Å². The lowest BCUT2D eigenvalue weighted by Gasteiger charge is -2.35. The van der Waals surface area contributed by atoms with Crippen molar-refractivity contribution >= 4 is 22.7 Å². The molecule has 0 aliphatic heterocycles. The Balaban J connectivity index is 2.01. The third-order valence-corrected chi connectivity index (χ3v) is 4.60. The van der Waals surface area contributed by atoms with E-state index in [0.29, 0.717) is 12.0 Å². The number of aromatic nitrogens is 2. The fourth-order valence-electron chi connectivity index (χ4n) is 3.37. The van der Waals surface area contributed by atoms with Gasteiger partial charge in [-0.25, -0.2) is 4.98 Å². The normalized spacial score (nSPS) is 22.2. The van der Waals surface area contributed by atoms with Gasteiger partial charge in [-0.2, -0.15) is 4.98 Å². The Kier molecular flexibility index (Phi) is 3.95. The molecule has 1 N–H and O–H groups in total. The van der Waals surface area contributed by atoms with Crippen molar-refractivity contribution in [2.24, 2.45) is 5.92 Å². The van der Waals surface area contributed by atoms with Gasteiger partial charge < -0.3 is 10.2 Å². The van der Waals surface area contributed by atoms with E-state index in [2.05, 4.69) is 47.4 Å². The Morgan fingerprint density at radius 3 is 2.76 bits per heavy atom. The molecule has 1 aromatic carbocycles. The number of benzene rings is 1. The highest BCUT2D eigenvalue weighted by Gasteiger charge is 2.24. The van der Waals surface area contributed by atoms with Crippen LogP contribution in [-0.2, 0) is 0 Å². The van der Waals surface area contributed by atoms with Crippen molar-refractivity contribution < 1.29 is 0 Å². The quantitative estimate of drug-likeness (QED) is 0.933. The Bertz CT molecular complexity index is 625. The maximum absolute atomic E-state index is 4.72. The summed E-state index contributed by atoms with van der Waals surface area (Å²) in [5.74, 6) is 2.55. The van der Waals surface area contributed by atoms with E-state index in [-0.39, 0.29) is 0 Å². The molecule has 2 unspecified atom stereocenters. The van der Waals surface area contributed by atoms with Gasteiger partial charge in [0.05, 0.1) is 5.52 Å². The highest BCUT2D eigenvalue weighted by molar-refractivity contribution is 5.90. The third kappa shape index (κ3) is 2.80. The van der Waals surface area contributed by atoms with Crippen molar-refractivity contribution in [1.29, 1.82) is 0 Å². The van der Waals surface area contributed by atoms with Crippen LogP contribution < -0.4 is 10.2 Å². The van der Waals surface area contributed by atoms with Gasteiger partial charge >= 0.3 is 0 Å². The van der Waals surface area contributed by atoms with Gasteiger partial charge in [0, 0.05) is 25.5 Å². The van der Waals surface area contributed by atoms with Gasteiger partial charge in [0.2, 0.25) is 5.95 Å². The molecule has 1 saturated carbocycles. The molecule has 4 heteroatoms. The smallest absolute Gasteiger partial charge is 0.224 e. The van der Waals surface area contributed by atoms with Crippen LogP contribution in [0.2, 0.25) is 0 Å². The summed E-state index contributed by atoms with van der Waals surface area (Å²) in [6.07, 6.45) is 5.19. The summed E-state index contributed by atoms with van der Waals surface area (Å²) in [5.41, 5.74) is 1.00. The zero-order chi connectivity index (χ0) is 14.8. The number of hydrogen-bond donors (Lipinski definition) is 1. The van der Waals surface area contributed by atoms with Crippen LogP contribution >= 0.6 is 0 Å². The minimum atomic E-state index is 0.580. The van der Waals surface area contributed by atoms with Crippen LogP contribution in [0.1, 0.15) is 32.6 Å². The van der Waals surface area contributed by atoms with Crippen molar-refractivity contribution in [3.63, 3.8) is 0 Å². The highest BCUT2D eigenvalue weighted by atomic mass is 15.2. The average molecular weight is 284 g/mol. The number of hydrogen-bond acceptors (Lipinski definition) is 4. The second-order valence-corrected chi connectivity index (χ2v) is 6.17. The molecule has 3 rings (SSSR count). The molecule has 4 nitrogen and oxygen atoms in total. The SMILES string of the molecule is CNc1nc(N(C)C2CCCC(C)C2)c2ccccc2n1. The van der Waals surface area contributed by atoms with Gasteiger partial charge in [-0.05, 0) is 30.9 Å². The molecule has 1 aromatic heterocycles. The van der Waals surface area contributed by atoms with Crippen LogP contribution in [-0.4, -0.2) is 30.1 Å². The van der Waals surface area contributed by atoms with Crippen molar-refractivity contribution in [1.82, 2.24) is 9.97 Å². The third-order valence-electron chi connectivity index (χ3n) is 4.60. The minimum Gasteiger partial charge on any atom is -0.357 e. The predicted molar refractivity (Wildman–Crippen MR) is 88.9 cm³/mol. The molecule has 0 amide bonds. The number of anilines is 2. The Morgan fingerprint density at radius 1 is 1.19 bits per heavy atom. The van der Waals surface area contributed by atoms with E-state index < -0.39 is 0 Å². The molecule has 1 fully saturated rings. The highest BCUT2D eigenvalue weighted by Crippen LogP contribution is 2.32. The Labute approximate surface area is 126 Å². The van der Waals surface area contributed by atoms with Crippen molar-refractivity contribution in [3.05, 3.63) is 24.3 Å². The second-order valence-electron chi connectivity index (χ2n) is 6.17. The summed E-state index contributed by atoms with van der Waals surface area (Å²) in [6.45, 7) is 2.36. The van der Waals surface area contributed by atoms with E-state index in [1.54, 1.807) is 0 Å². The Hall–Kier alpha value is -1.84. The maximum Gasteiger partial charge on any atom is 0.224 e. The topological polar surface area (TPSA) is 41.1 Å². The van der Waals surface area contributed by atoms with Crippen molar-refractivity contribution in [2.75, 3.05) is 24.3 Å². The van der Waals surface area contributed by atoms with Crippen LogP contribution in [0, 0.1) is 5.92 Å². The molecular formula is C17H24N4. The van der Waals surface area contributed by atoms with E-state index in [1.165, 1.54) is 25.7 Å². The Morgan fingerprint density at radius 2 is 2.00 bits per heavy atom. The number of nitrogens with zero attached hydrogens (tertiary/aromatic N) is 3. The van der Waals surface area contributed by atoms with E-state index in [0.717, 1.165) is 22.6 Å². The molecule has 0 saturated heterocycles. The zero-order valence-electron chi connectivity index (χ0n) is 13.1. The van der Waals surface area contributed by atoms with Crippen LogP contribution in [0.3, 0.4) is 0 Å². The van der Waals surface area contributed by atoms with Crippen LogP contribution in [0.25, 0.3) is 10.9 Å². The van der Waals surface area contributed by atoms with Crippen LogP contribution in [0.15, 0.2) is 24.3 Å². The van der Waals surface area contributed by atoms with Gasteiger partial charge in [-0.1, -0.05) is 31.9 Å². The number of para-hydroxylation sites is 1. The van der Waals surface area contributed by atoms with Gasteiger partial charge in [0.1, 0.15) is 5.82 Å². The van der Waals surface area contributed by atoms with E-state index in [9.17, 15) is 0 Å². The summed E-state index contributed by atoms with van der Waals surface area (Å²) >= 11 is 0. The first kappa shape index (κ1) is 14.1. The first-order chi connectivity index (χ1) is 10.2. The van der Waals surface area contributed by atoms with Crippen molar-refractivity contribution in [2.45, 2.75) is 38.6 Å². The van der Waals surface area contributed by atoms with Crippen LogP contribution in [0.4, 0.5) is 11.8 Å². The van der Waals surface area contributed by atoms with Gasteiger partial charge in [0.15, 0.2) is 0 Å². The zero-order valence-corrected chi connectivity index (χ0v) is 13.1. The summed E-state index contributed by atoms with van der Waals surface area (Å²) in [4.78, 5) is 11.6. The fourth-order valence-corrected chi connectivity index (χ4v) is 3.37. The van der Waals surface area contributed by atoms with Gasteiger partial charge in [-0.15, -0.1) is 0 Å². The van der Waals surface area contributed by atoms with Crippen molar-refractivity contribution in [3.8, 4) is 0 Å². The second kappa shape index (κ2) is 5.88. The molecule has 2 aromatic rings. The molecule has 0 spiro atoms. The maximum atomic E-state index is 4.72. The summed E-state index contributed by atoms with van der Waals surface area (Å²) in [6, 6.07) is 8.84. The predicted octanol–water partition coefficient (Wildman–Crippen LogP) is 3.69. The summed E-state index contributed by atoms with van der Waals surface area (Å²) in [5, 5.41) is 4.21. The number of fused-ring (bicyclic) bond motifs is 1. The molecule has 2 atom stereocenters. The lowest BCUT2D eigenvalue weighted by molar-refractivity contribution is 0.336. The standard InChI is InChI=1S/C17H24N4/c1-12-7-6-8-13(11-12)21(3)16-14-9-4-5-10-15(14)19-17(18-2)20-16/h4-5,9-10,12-13H,6-8,11H2,1-3H3,(H,18,19,20). The lowest BCUT2D eigenvalue weighted by atomic mass is 9.86. The molecule has 1 aliphatic rings. The minimum absolute atomic E-state index is 0.580. The first-order valence-corrected chi connectivity index (χ1v) is 7.86. The average Bonchev–Trinajstić information content (AvgIpc) is 2.53. The molecule has 0 bridgehead atoms. The van der Waals surface area contributed by atoms with Gasteiger partial charge in [-0.3, -0.25) is 0 Å². The molecular weight excluding hydrogens is 260 g/mol. The fraction of sp³-hybridized carbons (Fsp3) is 0.529. The summed E-state index contributed by atoms with van der Waals surface area (Å²) < 4.78 is 0. The number of rotatable bonds is 3. The van der Waals surface area contributed by atoms with Crippen LogP contribution in [0.5, 0.6) is 0 Å². The molecule has 1 heterocycles. The monoisotopic (exact) mass is 284 g/mol. The molecule has 0 radical (unpaired) electrons.